The van der Waals surface area contributed by atoms with Crippen molar-refractivity contribution < 1.29 is 13.9 Å². The molecule has 112 valence electrons. The van der Waals surface area contributed by atoms with Crippen LogP contribution in [0.3, 0.4) is 0 Å². The predicted molar refractivity (Wildman–Crippen MR) is 80.4 cm³/mol. The van der Waals surface area contributed by atoms with E-state index in [4.69, 9.17) is 0 Å². The fourth-order valence-electron chi connectivity index (χ4n) is 2.28. The molecule has 0 aliphatic heterocycles. The van der Waals surface area contributed by atoms with E-state index >= 15 is 0 Å². The van der Waals surface area contributed by atoms with Gasteiger partial charge in [-0.05, 0) is 49.2 Å². The summed E-state index contributed by atoms with van der Waals surface area (Å²) in [5.74, 6) is -1.85. The molecule has 1 N–H and O–H groups in total. The lowest BCUT2D eigenvalue weighted by atomic mass is 10.1. The molecular formula is C17H19F2NO. The number of likely N-dealkylation sites (N-methyl/N-ethyl adjacent to an activating group) is 1. The lowest BCUT2D eigenvalue weighted by Gasteiger charge is -2.26. The first-order chi connectivity index (χ1) is 10.0. The maximum atomic E-state index is 13.2. The molecular weight excluding hydrogens is 272 g/mol. The van der Waals surface area contributed by atoms with Gasteiger partial charge < -0.3 is 10.0 Å². The summed E-state index contributed by atoms with van der Waals surface area (Å²) in [6.07, 6.45) is -0.874. The Kier molecular flexibility index (Phi) is 4.91. The van der Waals surface area contributed by atoms with Crippen LogP contribution in [0.25, 0.3) is 0 Å². The van der Waals surface area contributed by atoms with Crippen molar-refractivity contribution in [1.29, 1.82) is 0 Å². The summed E-state index contributed by atoms with van der Waals surface area (Å²) < 4.78 is 26.2. The highest BCUT2D eigenvalue weighted by Crippen LogP contribution is 2.21. The predicted octanol–water partition coefficient (Wildman–Crippen LogP) is 3.83. The van der Waals surface area contributed by atoms with Crippen molar-refractivity contribution in [3.63, 3.8) is 0 Å². The zero-order chi connectivity index (χ0) is 15.4. The average molecular weight is 291 g/mol. The van der Waals surface area contributed by atoms with Gasteiger partial charge in [-0.25, -0.2) is 8.78 Å². The Bertz CT molecular complexity index is 615. The van der Waals surface area contributed by atoms with Crippen molar-refractivity contribution in [2.24, 2.45) is 0 Å². The molecule has 0 aliphatic carbocycles. The van der Waals surface area contributed by atoms with Crippen LogP contribution in [0.15, 0.2) is 42.5 Å². The number of rotatable bonds is 5. The van der Waals surface area contributed by atoms with Crippen molar-refractivity contribution in [1.82, 2.24) is 0 Å². The molecule has 0 fully saturated rings. The third-order valence-electron chi connectivity index (χ3n) is 3.47. The van der Waals surface area contributed by atoms with Crippen LogP contribution < -0.4 is 4.90 Å². The first-order valence-corrected chi connectivity index (χ1v) is 6.96. The van der Waals surface area contributed by atoms with Crippen LogP contribution in [-0.2, 0) is 0 Å². The summed E-state index contributed by atoms with van der Waals surface area (Å²) in [5.41, 5.74) is 2.51. The molecule has 21 heavy (non-hydrogen) atoms. The summed E-state index contributed by atoms with van der Waals surface area (Å²) in [6, 6.07) is 11.4. The Morgan fingerprint density at radius 3 is 2.48 bits per heavy atom. The second-order valence-electron chi connectivity index (χ2n) is 5.07. The standard InChI is InChI=1S/C17H19F2NO/c1-3-20(14-6-4-5-12(2)9-14)11-17(21)13-7-8-15(18)16(19)10-13/h4-10,17,21H,3,11H2,1-2H3. The summed E-state index contributed by atoms with van der Waals surface area (Å²) in [6.45, 7) is 5.03. The third kappa shape index (κ3) is 3.79. The fraction of sp³-hybridized carbons (Fsp3) is 0.294. The van der Waals surface area contributed by atoms with Gasteiger partial charge in [0.05, 0.1) is 6.10 Å². The van der Waals surface area contributed by atoms with Gasteiger partial charge in [-0.2, -0.15) is 0 Å². The lowest BCUT2D eigenvalue weighted by Crippen LogP contribution is -2.28. The first kappa shape index (κ1) is 15.4. The Labute approximate surface area is 123 Å². The van der Waals surface area contributed by atoms with Gasteiger partial charge in [-0.3, -0.25) is 0 Å². The van der Waals surface area contributed by atoms with Crippen LogP contribution in [0.2, 0.25) is 0 Å². The van der Waals surface area contributed by atoms with E-state index in [2.05, 4.69) is 0 Å². The molecule has 2 rings (SSSR count). The van der Waals surface area contributed by atoms with Gasteiger partial charge >= 0.3 is 0 Å². The van der Waals surface area contributed by atoms with Crippen LogP contribution in [0.4, 0.5) is 14.5 Å². The number of hydrogen-bond acceptors (Lipinski definition) is 2. The number of halogens is 2. The molecule has 0 saturated heterocycles. The Morgan fingerprint density at radius 2 is 1.86 bits per heavy atom. The summed E-state index contributed by atoms with van der Waals surface area (Å²) in [5, 5.41) is 10.2. The molecule has 0 bridgehead atoms. The third-order valence-corrected chi connectivity index (χ3v) is 3.47. The number of aliphatic hydroxyl groups is 1. The van der Waals surface area contributed by atoms with Crippen molar-refractivity contribution in [3.05, 3.63) is 65.2 Å². The number of aryl methyl sites for hydroxylation is 1. The van der Waals surface area contributed by atoms with E-state index in [0.29, 0.717) is 18.7 Å². The van der Waals surface area contributed by atoms with Gasteiger partial charge in [0.25, 0.3) is 0 Å². The van der Waals surface area contributed by atoms with Gasteiger partial charge in [-0.15, -0.1) is 0 Å². The molecule has 0 amide bonds. The molecule has 4 heteroatoms. The van der Waals surface area contributed by atoms with Gasteiger partial charge in [0.1, 0.15) is 0 Å². The van der Waals surface area contributed by atoms with Crippen molar-refractivity contribution in [3.8, 4) is 0 Å². The van der Waals surface area contributed by atoms with Gasteiger partial charge in [0, 0.05) is 18.8 Å². The molecule has 0 aliphatic rings. The molecule has 1 unspecified atom stereocenters. The number of anilines is 1. The minimum absolute atomic E-state index is 0.324. The largest absolute Gasteiger partial charge is 0.387 e. The van der Waals surface area contributed by atoms with E-state index in [1.54, 1.807) is 0 Å². The SMILES string of the molecule is CCN(CC(O)c1ccc(F)c(F)c1)c1cccc(C)c1. The lowest BCUT2D eigenvalue weighted by molar-refractivity contribution is 0.183. The number of aliphatic hydroxyl groups excluding tert-OH is 1. The van der Waals surface area contributed by atoms with E-state index in [0.717, 1.165) is 23.4 Å². The van der Waals surface area contributed by atoms with Crippen LogP contribution >= 0.6 is 0 Å². The average Bonchev–Trinajstić information content (AvgIpc) is 2.47. The highest BCUT2D eigenvalue weighted by atomic mass is 19.2. The van der Waals surface area contributed by atoms with E-state index in [9.17, 15) is 13.9 Å². The molecule has 1 atom stereocenters. The summed E-state index contributed by atoms with van der Waals surface area (Å²) in [7, 11) is 0. The fourth-order valence-corrected chi connectivity index (χ4v) is 2.28. The summed E-state index contributed by atoms with van der Waals surface area (Å²) >= 11 is 0. The minimum atomic E-state index is -0.940. The zero-order valence-corrected chi connectivity index (χ0v) is 12.2. The monoisotopic (exact) mass is 291 g/mol. The van der Waals surface area contributed by atoms with E-state index in [1.807, 2.05) is 43.0 Å². The van der Waals surface area contributed by atoms with Crippen molar-refractivity contribution in [2.75, 3.05) is 18.0 Å². The van der Waals surface area contributed by atoms with Crippen LogP contribution in [-0.4, -0.2) is 18.2 Å². The van der Waals surface area contributed by atoms with E-state index in [1.165, 1.54) is 6.07 Å². The van der Waals surface area contributed by atoms with Crippen molar-refractivity contribution in [2.45, 2.75) is 20.0 Å². The van der Waals surface area contributed by atoms with Gasteiger partial charge in [0.2, 0.25) is 0 Å². The van der Waals surface area contributed by atoms with E-state index < -0.39 is 17.7 Å². The Morgan fingerprint density at radius 1 is 1.10 bits per heavy atom. The number of hydrogen-bond donors (Lipinski definition) is 1. The van der Waals surface area contributed by atoms with Crippen LogP contribution in [0.5, 0.6) is 0 Å². The highest BCUT2D eigenvalue weighted by Gasteiger charge is 2.15. The normalized spacial score (nSPS) is 12.2. The molecule has 2 aromatic carbocycles. The zero-order valence-electron chi connectivity index (χ0n) is 12.2. The number of benzene rings is 2. The quantitative estimate of drug-likeness (QED) is 0.905. The van der Waals surface area contributed by atoms with Crippen LogP contribution in [0, 0.1) is 18.6 Å². The topological polar surface area (TPSA) is 23.5 Å². The molecule has 2 nitrogen and oxygen atoms in total. The summed E-state index contributed by atoms with van der Waals surface area (Å²) in [4.78, 5) is 2.00. The second kappa shape index (κ2) is 6.68. The molecule has 0 spiro atoms. The molecule has 0 saturated carbocycles. The maximum absolute atomic E-state index is 13.2. The molecule has 0 aromatic heterocycles. The van der Waals surface area contributed by atoms with Crippen LogP contribution in [0.1, 0.15) is 24.2 Å². The Hall–Kier alpha value is -1.94. The number of nitrogens with zero attached hydrogens (tertiary/aromatic N) is 1. The molecule has 2 aromatic rings. The highest BCUT2D eigenvalue weighted by molar-refractivity contribution is 5.48. The first-order valence-electron chi connectivity index (χ1n) is 6.96. The molecule has 0 radical (unpaired) electrons. The van der Waals surface area contributed by atoms with E-state index in [-0.39, 0.29) is 0 Å². The molecule has 0 heterocycles. The second-order valence-corrected chi connectivity index (χ2v) is 5.07. The van der Waals surface area contributed by atoms with Crippen molar-refractivity contribution >= 4 is 5.69 Å². The smallest absolute Gasteiger partial charge is 0.159 e. The maximum Gasteiger partial charge on any atom is 0.159 e. The van der Waals surface area contributed by atoms with Gasteiger partial charge in [-0.1, -0.05) is 18.2 Å². The minimum Gasteiger partial charge on any atom is -0.387 e. The van der Waals surface area contributed by atoms with Gasteiger partial charge in [0.15, 0.2) is 11.6 Å². The Balaban J connectivity index is 2.16.